The average Bonchev–Trinajstić information content (AvgIpc) is 2.39. The Morgan fingerprint density at radius 2 is 1.95 bits per heavy atom. The average molecular weight is 282 g/mol. The summed E-state index contributed by atoms with van der Waals surface area (Å²) in [6.45, 7) is 5.87. The van der Waals surface area contributed by atoms with Crippen molar-refractivity contribution in [1.29, 1.82) is 0 Å². The SMILES string of the molecule is CC(C)c1cccc(S(=O)(=O)NC2CCNCC2)c1. The molecule has 2 rings (SSSR count). The third kappa shape index (κ3) is 3.78. The van der Waals surface area contributed by atoms with Crippen LogP contribution in [0.25, 0.3) is 0 Å². The summed E-state index contributed by atoms with van der Waals surface area (Å²) in [5, 5.41) is 3.23. The highest BCUT2D eigenvalue weighted by Crippen LogP contribution is 2.19. The van der Waals surface area contributed by atoms with Gasteiger partial charge >= 0.3 is 0 Å². The summed E-state index contributed by atoms with van der Waals surface area (Å²) in [5.41, 5.74) is 1.05. The maximum absolute atomic E-state index is 12.3. The molecular weight excluding hydrogens is 260 g/mol. The van der Waals surface area contributed by atoms with Crippen LogP contribution in [0.5, 0.6) is 0 Å². The van der Waals surface area contributed by atoms with Gasteiger partial charge in [0.15, 0.2) is 0 Å². The third-order valence-electron chi connectivity index (χ3n) is 3.50. The molecule has 0 aromatic heterocycles. The summed E-state index contributed by atoms with van der Waals surface area (Å²) in [4.78, 5) is 0.372. The quantitative estimate of drug-likeness (QED) is 0.886. The highest BCUT2D eigenvalue weighted by Gasteiger charge is 2.21. The minimum atomic E-state index is -3.39. The number of benzene rings is 1. The Bertz CT molecular complexity index is 520. The van der Waals surface area contributed by atoms with Gasteiger partial charge in [0.05, 0.1) is 4.90 Å². The second-order valence-electron chi connectivity index (χ2n) is 5.37. The highest BCUT2D eigenvalue weighted by atomic mass is 32.2. The Kier molecular flexibility index (Phi) is 4.60. The van der Waals surface area contributed by atoms with Crippen LogP contribution in [-0.4, -0.2) is 27.5 Å². The predicted molar refractivity (Wildman–Crippen MR) is 76.7 cm³/mol. The lowest BCUT2D eigenvalue weighted by molar-refractivity contribution is 0.427. The molecule has 1 aromatic rings. The van der Waals surface area contributed by atoms with Crippen LogP contribution >= 0.6 is 0 Å². The van der Waals surface area contributed by atoms with Gasteiger partial charge in [-0.25, -0.2) is 13.1 Å². The van der Waals surface area contributed by atoms with Crippen molar-refractivity contribution in [2.75, 3.05) is 13.1 Å². The van der Waals surface area contributed by atoms with Gasteiger partial charge in [0.1, 0.15) is 0 Å². The van der Waals surface area contributed by atoms with Gasteiger partial charge in [0.2, 0.25) is 10.0 Å². The summed E-state index contributed by atoms with van der Waals surface area (Å²) < 4.78 is 27.5. The molecule has 0 atom stereocenters. The molecule has 1 saturated heterocycles. The normalized spacial score (nSPS) is 17.8. The van der Waals surface area contributed by atoms with E-state index in [0.717, 1.165) is 31.5 Å². The van der Waals surface area contributed by atoms with E-state index in [1.54, 1.807) is 12.1 Å². The van der Waals surface area contributed by atoms with Crippen LogP contribution in [0.3, 0.4) is 0 Å². The first-order valence-corrected chi connectivity index (χ1v) is 8.30. The number of rotatable bonds is 4. The number of hydrogen-bond acceptors (Lipinski definition) is 3. The van der Waals surface area contributed by atoms with Gasteiger partial charge < -0.3 is 5.32 Å². The minimum absolute atomic E-state index is 0.0500. The Morgan fingerprint density at radius 3 is 2.58 bits per heavy atom. The molecule has 0 bridgehead atoms. The van der Waals surface area contributed by atoms with Crippen LogP contribution in [0.1, 0.15) is 38.2 Å². The van der Waals surface area contributed by atoms with Crippen molar-refractivity contribution in [1.82, 2.24) is 10.0 Å². The fourth-order valence-electron chi connectivity index (χ4n) is 2.27. The Hall–Kier alpha value is -0.910. The minimum Gasteiger partial charge on any atom is -0.317 e. The first-order valence-electron chi connectivity index (χ1n) is 6.82. The van der Waals surface area contributed by atoms with Crippen LogP contribution < -0.4 is 10.0 Å². The maximum Gasteiger partial charge on any atom is 0.240 e. The zero-order valence-corrected chi connectivity index (χ0v) is 12.3. The molecular formula is C14H22N2O2S. The summed E-state index contributed by atoms with van der Waals surface area (Å²) in [7, 11) is -3.39. The predicted octanol–water partition coefficient (Wildman–Crippen LogP) is 1.84. The summed E-state index contributed by atoms with van der Waals surface area (Å²) in [6.07, 6.45) is 1.70. The topological polar surface area (TPSA) is 58.2 Å². The maximum atomic E-state index is 12.3. The monoisotopic (exact) mass is 282 g/mol. The molecule has 0 radical (unpaired) electrons. The lowest BCUT2D eigenvalue weighted by Crippen LogP contribution is -2.42. The molecule has 0 saturated carbocycles. The van der Waals surface area contributed by atoms with E-state index in [-0.39, 0.29) is 6.04 Å². The fraction of sp³-hybridized carbons (Fsp3) is 0.571. The number of piperidine rings is 1. The standard InChI is InChI=1S/C14H22N2O2S/c1-11(2)12-4-3-5-14(10-12)19(17,18)16-13-6-8-15-9-7-13/h3-5,10-11,13,15-16H,6-9H2,1-2H3. The summed E-state index contributed by atoms with van der Waals surface area (Å²) >= 11 is 0. The van der Waals surface area contributed by atoms with Crippen molar-refractivity contribution in [3.8, 4) is 0 Å². The first-order chi connectivity index (χ1) is 8.99. The molecule has 19 heavy (non-hydrogen) atoms. The van der Waals surface area contributed by atoms with Gasteiger partial charge in [-0.2, -0.15) is 0 Å². The largest absolute Gasteiger partial charge is 0.317 e. The smallest absolute Gasteiger partial charge is 0.240 e. The molecule has 1 aliphatic heterocycles. The molecule has 0 aliphatic carbocycles. The summed E-state index contributed by atoms with van der Waals surface area (Å²) in [6, 6.07) is 7.26. The van der Waals surface area contributed by atoms with E-state index < -0.39 is 10.0 Å². The van der Waals surface area contributed by atoms with Gasteiger partial charge in [-0.1, -0.05) is 26.0 Å². The highest BCUT2D eigenvalue weighted by molar-refractivity contribution is 7.89. The third-order valence-corrected chi connectivity index (χ3v) is 5.01. The second-order valence-corrected chi connectivity index (χ2v) is 7.09. The molecule has 4 nitrogen and oxygen atoms in total. The van der Waals surface area contributed by atoms with Crippen molar-refractivity contribution in [2.45, 2.75) is 43.5 Å². The van der Waals surface area contributed by atoms with Crippen molar-refractivity contribution in [3.05, 3.63) is 29.8 Å². The fourth-order valence-corrected chi connectivity index (χ4v) is 3.63. The lowest BCUT2D eigenvalue weighted by atomic mass is 10.0. The zero-order valence-electron chi connectivity index (χ0n) is 11.5. The molecule has 0 amide bonds. The molecule has 1 aliphatic rings. The number of hydrogen-bond donors (Lipinski definition) is 2. The molecule has 0 spiro atoms. The molecule has 1 aromatic carbocycles. The van der Waals surface area contributed by atoms with E-state index >= 15 is 0 Å². The molecule has 1 fully saturated rings. The van der Waals surface area contributed by atoms with Crippen LogP contribution in [0.2, 0.25) is 0 Å². The Balaban J connectivity index is 2.16. The lowest BCUT2D eigenvalue weighted by Gasteiger charge is -2.23. The van der Waals surface area contributed by atoms with Gasteiger partial charge in [-0.3, -0.25) is 0 Å². The molecule has 0 unspecified atom stereocenters. The van der Waals surface area contributed by atoms with Crippen LogP contribution in [0.15, 0.2) is 29.2 Å². The van der Waals surface area contributed by atoms with Gasteiger partial charge in [0.25, 0.3) is 0 Å². The van der Waals surface area contributed by atoms with Gasteiger partial charge in [0, 0.05) is 6.04 Å². The molecule has 1 heterocycles. The van der Waals surface area contributed by atoms with Crippen molar-refractivity contribution < 1.29 is 8.42 Å². The van der Waals surface area contributed by atoms with Crippen LogP contribution in [0.4, 0.5) is 0 Å². The number of sulfonamides is 1. The number of nitrogens with one attached hydrogen (secondary N) is 2. The zero-order chi connectivity index (χ0) is 13.9. The van der Waals surface area contributed by atoms with E-state index in [2.05, 4.69) is 23.9 Å². The van der Waals surface area contributed by atoms with Crippen molar-refractivity contribution >= 4 is 10.0 Å². The Morgan fingerprint density at radius 1 is 1.26 bits per heavy atom. The summed E-state index contributed by atoms with van der Waals surface area (Å²) in [5.74, 6) is 0.328. The Labute approximate surface area is 115 Å². The van der Waals surface area contributed by atoms with E-state index in [1.807, 2.05) is 12.1 Å². The van der Waals surface area contributed by atoms with E-state index in [4.69, 9.17) is 0 Å². The first kappa shape index (κ1) is 14.5. The van der Waals surface area contributed by atoms with Crippen molar-refractivity contribution in [2.24, 2.45) is 0 Å². The van der Waals surface area contributed by atoms with E-state index in [0.29, 0.717) is 10.8 Å². The molecule has 5 heteroatoms. The van der Waals surface area contributed by atoms with Crippen LogP contribution in [0, 0.1) is 0 Å². The van der Waals surface area contributed by atoms with Crippen LogP contribution in [-0.2, 0) is 10.0 Å². The van der Waals surface area contributed by atoms with Gasteiger partial charge in [-0.15, -0.1) is 0 Å². The second kappa shape index (κ2) is 6.03. The van der Waals surface area contributed by atoms with Gasteiger partial charge in [-0.05, 0) is 49.5 Å². The van der Waals surface area contributed by atoms with E-state index in [9.17, 15) is 8.42 Å². The van der Waals surface area contributed by atoms with E-state index in [1.165, 1.54) is 0 Å². The molecule has 2 N–H and O–H groups in total. The van der Waals surface area contributed by atoms with Crippen molar-refractivity contribution in [3.63, 3.8) is 0 Å². The molecule has 106 valence electrons.